The first-order chi connectivity index (χ1) is 11.8. The number of carbonyl (C=O) groups is 1. The van der Waals surface area contributed by atoms with E-state index in [0.717, 1.165) is 30.5 Å². The van der Waals surface area contributed by atoms with E-state index in [2.05, 4.69) is 15.6 Å². The lowest BCUT2D eigenvalue weighted by atomic mass is 9.92. The zero-order valence-electron chi connectivity index (χ0n) is 13.9. The largest absolute Gasteiger partial charge is 0.379 e. The van der Waals surface area contributed by atoms with Crippen molar-refractivity contribution < 1.29 is 9.53 Å². The maximum absolute atomic E-state index is 12.2. The highest BCUT2D eigenvalue weighted by molar-refractivity contribution is 5.74. The molecule has 1 aliphatic rings. The molecule has 2 amide bonds. The van der Waals surface area contributed by atoms with Crippen LogP contribution in [0.25, 0.3) is 5.69 Å². The van der Waals surface area contributed by atoms with E-state index in [1.165, 1.54) is 6.42 Å². The molecule has 1 fully saturated rings. The van der Waals surface area contributed by atoms with Gasteiger partial charge in [0.05, 0.1) is 18.5 Å². The van der Waals surface area contributed by atoms with Gasteiger partial charge < -0.3 is 19.9 Å². The third-order valence-electron chi connectivity index (χ3n) is 4.49. The molecule has 0 saturated heterocycles. The van der Waals surface area contributed by atoms with Gasteiger partial charge in [0.25, 0.3) is 0 Å². The zero-order chi connectivity index (χ0) is 16.8. The summed E-state index contributed by atoms with van der Waals surface area (Å²) in [6.07, 6.45) is 9.80. The summed E-state index contributed by atoms with van der Waals surface area (Å²) in [4.78, 5) is 16.2. The van der Waals surface area contributed by atoms with Crippen LogP contribution in [0.15, 0.2) is 43.0 Å². The van der Waals surface area contributed by atoms with Crippen LogP contribution >= 0.6 is 0 Å². The summed E-state index contributed by atoms with van der Waals surface area (Å²) >= 11 is 0. The minimum atomic E-state index is -0.142. The first-order valence-corrected chi connectivity index (χ1v) is 8.40. The number of nitrogens with zero attached hydrogens (tertiary/aromatic N) is 2. The Morgan fingerprint density at radius 3 is 3.04 bits per heavy atom. The molecule has 2 atom stereocenters. The molecule has 1 aromatic carbocycles. The molecule has 1 heterocycles. The smallest absolute Gasteiger partial charge is 0.315 e. The van der Waals surface area contributed by atoms with E-state index in [9.17, 15) is 4.79 Å². The van der Waals surface area contributed by atoms with Gasteiger partial charge in [0.1, 0.15) is 0 Å². The normalized spacial score (nSPS) is 20.5. The van der Waals surface area contributed by atoms with Gasteiger partial charge in [-0.15, -0.1) is 0 Å². The van der Waals surface area contributed by atoms with Gasteiger partial charge in [-0.25, -0.2) is 9.78 Å². The first kappa shape index (κ1) is 16.5. The van der Waals surface area contributed by atoms with Crippen LogP contribution in [0.2, 0.25) is 0 Å². The van der Waals surface area contributed by atoms with Gasteiger partial charge in [-0.2, -0.15) is 0 Å². The maximum Gasteiger partial charge on any atom is 0.315 e. The second-order valence-electron chi connectivity index (χ2n) is 6.13. The molecule has 1 aliphatic carbocycles. The summed E-state index contributed by atoms with van der Waals surface area (Å²) in [6.45, 7) is 0.485. The minimum absolute atomic E-state index is 0.0982. The van der Waals surface area contributed by atoms with E-state index >= 15 is 0 Å². The molecule has 0 aliphatic heterocycles. The Morgan fingerprint density at radius 2 is 2.25 bits per heavy atom. The fourth-order valence-electron chi connectivity index (χ4n) is 3.18. The maximum atomic E-state index is 12.2. The van der Waals surface area contributed by atoms with Gasteiger partial charge in [-0.3, -0.25) is 0 Å². The van der Waals surface area contributed by atoms with Crippen LogP contribution in [0.1, 0.15) is 31.2 Å². The number of hydrogen-bond donors (Lipinski definition) is 2. The molecular weight excluding hydrogens is 304 g/mol. The van der Waals surface area contributed by atoms with Gasteiger partial charge in [-0.1, -0.05) is 25.0 Å². The molecule has 128 valence electrons. The fourth-order valence-corrected chi connectivity index (χ4v) is 3.18. The molecule has 0 spiro atoms. The van der Waals surface area contributed by atoms with E-state index < -0.39 is 0 Å². The van der Waals surface area contributed by atoms with Crippen molar-refractivity contribution in [3.8, 4) is 5.69 Å². The van der Waals surface area contributed by atoms with Gasteiger partial charge in [0, 0.05) is 31.7 Å². The van der Waals surface area contributed by atoms with E-state index in [4.69, 9.17) is 4.74 Å². The molecular formula is C18H24N4O2. The van der Waals surface area contributed by atoms with Gasteiger partial charge in [0.15, 0.2) is 0 Å². The number of benzene rings is 1. The van der Waals surface area contributed by atoms with E-state index in [1.807, 2.05) is 35.0 Å². The molecule has 0 bridgehead atoms. The van der Waals surface area contributed by atoms with E-state index in [0.29, 0.717) is 6.54 Å². The van der Waals surface area contributed by atoms with Crippen molar-refractivity contribution in [2.45, 2.75) is 44.4 Å². The molecule has 3 rings (SSSR count). The second kappa shape index (κ2) is 7.97. The SMILES string of the molecule is CO[C@H]1CCCC[C@H]1NC(=O)NCc1cccc(-n2ccnc2)c1. The molecule has 0 radical (unpaired) electrons. The van der Waals surface area contributed by atoms with Crippen LogP contribution in [-0.2, 0) is 11.3 Å². The Hall–Kier alpha value is -2.34. The van der Waals surface area contributed by atoms with Gasteiger partial charge in [-0.05, 0) is 30.5 Å². The summed E-state index contributed by atoms with van der Waals surface area (Å²) in [5.41, 5.74) is 2.07. The van der Waals surface area contributed by atoms with Crippen LogP contribution in [0, 0.1) is 0 Å². The van der Waals surface area contributed by atoms with Crippen LogP contribution in [0.4, 0.5) is 4.79 Å². The summed E-state index contributed by atoms with van der Waals surface area (Å²) in [5, 5.41) is 5.97. The fraction of sp³-hybridized carbons (Fsp3) is 0.444. The van der Waals surface area contributed by atoms with Crippen LogP contribution in [0.3, 0.4) is 0 Å². The number of urea groups is 1. The van der Waals surface area contributed by atoms with Crippen molar-refractivity contribution in [1.82, 2.24) is 20.2 Å². The predicted octanol–water partition coefficient (Wildman–Crippen LogP) is 2.63. The van der Waals surface area contributed by atoms with Crippen molar-refractivity contribution in [1.29, 1.82) is 0 Å². The number of hydrogen-bond acceptors (Lipinski definition) is 3. The molecule has 1 aromatic heterocycles. The number of ether oxygens (including phenoxy) is 1. The van der Waals surface area contributed by atoms with Crippen molar-refractivity contribution >= 4 is 6.03 Å². The van der Waals surface area contributed by atoms with Crippen molar-refractivity contribution in [2.75, 3.05) is 7.11 Å². The second-order valence-corrected chi connectivity index (χ2v) is 6.13. The van der Waals surface area contributed by atoms with Crippen LogP contribution in [-0.4, -0.2) is 34.8 Å². The molecule has 1 saturated carbocycles. The standard InChI is InChI=1S/C18H24N4O2/c1-24-17-8-3-2-7-16(17)21-18(23)20-12-14-5-4-6-15(11-14)22-10-9-19-13-22/h4-6,9-11,13,16-17H,2-3,7-8,12H2,1H3,(H2,20,21,23)/t16-,17+/m1/s1. The topological polar surface area (TPSA) is 68.2 Å². The number of aromatic nitrogens is 2. The highest BCUT2D eigenvalue weighted by atomic mass is 16.5. The first-order valence-electron chi connectivity index (χ1n) is 8.40. The van der Waals surface area contributed by atoms with Gasteiger partial charge >= 0.3 is 6.03 Å². The number of methoxy groups -OCH3 is 1. The summed E-state index contributed by atoms with van der Waals surface area (Å²) in [7, 11) is 1.71. The third-order valence-corrected chi connectivity index (χ3v) is 4.49. The van der Waals surface area contributed by atoms with Crippen molar-refractivity contribution in [3.63, 3.8) is 0 Å². The number of nitrogens with one attached hydrogen (secondary N) is 2. The van der Waals surface area contributed by atoms with Crippen molar-refractivity contribution in [2.24, 2.45) is 0 Å². The Morgan fingerprint density at radius 1 is 1.38 bits per heavy atom. The Kier molecular flexibility index (Phi) is 5.48. The lowest BCUT2D eigenvalue weighted by Crippen LogP contribution is -2.49. The van der Waals surface area contributed by atoms with Gasteiger partial charge in [0.2, 0.25) is 0 Å². The summed E-state index contributed by atoms with van der Waals surface area (Å²) < 4.78 is 7.41. The molecule has 6 heteroatoms. The highest BCUT2D eigenvalue weighted by Gasteiger charge is 2.26. The molecule has 24 heavy (non-hydrogen) atoms. The number of carbonyl (C=O) groups excluding carboxylic acids is 1. The lowest BCUT2D eigenvalue weighted by molar-refractivity contribution is 0.0452. The molecule has 2 aromatic rings. The average molecular weight is 328 g/mol. The number of amides is 2. The van der Waals surface area contributed by atoms with E-state index in [-0.39, 0.29) is 18.2 Å². The summed E-state index contributed by atoms with van der Waals surface area (Å²) in [5.74, 6) is 0. The Bertz CT molecular complexity index is 657. The minimum Gasteiger partial charge on any atom is -0.379 e. The quantitative estimate of drug-likeness (QED) is 0.886. The zero-order valence-corrected chi connectivity index (χ0v) is 13.9. The summed E-state index contributed by atoms with van der Waals surface area (Å²) in [6, 6.07) is 7.99. The van der Waals surface area contributed by atoms with Crippen LogP contribution in [0.5, 0.6) is 0 Å². The monoisotopic (exact) mass is 328 g/mol. The lowest BCUT2D eigenvalue weighted by Gasteiger charge is -2.31. The molecule has 2 N–H and O–H groups in total. The third kappa shape index (κ3) is 4.14. The molecule has 6 nitrogen and oxygen atoms in total. The van der Waals surface area contributed by atoms with Crippen LogP contribution < -0.4 is 10.6 Å². The van der Waals surface area contributed by atoms with Crippen molar-refractivity contribution in [3.05, 3.63) is 48.5 Å². The highest BCUT2D eigenvalue weighted by Crippen LogP contribution is 2.20. The molecule has 0 unspecified atom stereocenters. The Labute approximate surface area is 142 Å². The average Bonchev–Trinajstić information content (AvgIpc) is 3.15. The number of rotatable bonds is 5. The van der Waals surface area contributed by atoms with E-state index in [1.54, 1.807) is 19.6 Å². The Balaban J connectivity index is 1.53. The number of imidazole rings is 1. The predicted molar refractivity (Wildman–Crippen MR) is 92.0 cm³/mol.